The van der Waals surface area contributed by atoms with E-state index in [4.69, 9.17) is 10.8 Å². The number of carbonyl (C=O) groups is 1. The molecule has 4 N–H and O–H groups in total. The third kappa shape index (κ3) is 3.55. The summed E-state index contributed by atoms with van der Waals surface area (Å²) in [6.07, 6.45) is 1.52. The van der Waals surface area contributed by atoms with Gasteiger partial charge in [0.2, 0.25) is 0 Å². The second-order valence-electron chi connectivity index (χ2n) is 3.46. The zero-order valence-electron chi connectivity index (χ0n) is 8.60. The van der Waals surface area contributed by atoms with E-state index in [1.807, 2.05) is 6.92 Å². The maximum atomic E-state index is 10.8. The van der Waals surface area contributed by atoms with Crippen LogP contribution in [0, 0.1) is 5.92 Å². The number of nitrogens with one attached hydrogen (secondary N) is 1. The van der Waals surface area contributed by atoms with E-state index in [-0.39, 0.29) is 18.2 Å². The predicted octanol–water partition coefficient (Wildman–Crippen LogP) is 0.221. The summed E-state index contributed by atoms with van der Waals surface area (Å²) < 4.78 is 0. The summed E-state index contributed by atoms with van der Waals surface area (Å²) >= 11 is 0. The van der Waals surface area contributed by atoms with Gasteiger partial charge in [-0.2, -0.15) is 0 Å². The molecule has 82 valence electrons. The quantitative estimate of drug-likeness (QED) is 0.647. The number of carbonyl (C=O) groups excluding carboxylic acids is 1. The number of hydrogen-bond acceptors (Lipinski definition) is 4. The van der Waals surface area contributed by atoms with Gasteiger partial charge in [0, 0.05) is 25.0 Å². The van der Waals surface area contributed by atoms with Gasteiger partial charge in [-0.15, -0.1) is 0 Å². The molecule has 1 aromatic heterocycles. The summed E-state index contributed by atoms with van der Waals surface area (Å²) in [5.41, 5.74) is 6.11. The highest BCUT2D eigenvalue weighted by molar-refractivity contribution is 5.91. The molecule has 0 fully saturated rings. The van der Waals surface area contributed by atoms with Crippen LogP contribution in [0.4, 0.5) is 5.69 Å². The fraction of sp³-hybridized carbons (Fsp3) is 0.400. The van der Waals surface area contributed by atoms with Crippen LogP contribution >= 0.6 is 0 Å². The molecule has 0 aliphatic heterocycles. The first-order chi connectivity index (χ1) is 7.13. The molecule has 1 rings (SSSR count). The lowest BCUT2D eigenvalue weighted by atomic mass is 10.2. The van der Waals surface area contributed by atoms with Crippen molar-refractivity contribution in [1.29, 1.82) is 0 Å². The molecule has 0 aliphatic carbocycles. The van der Waals surface area contributed by atoms with Gasteiger partial charge in [-0.3, -0.25) is 9.78 Å². The summed E-state index contributed by atoms with van der Waals surface area (Å²) in [6.45, 7) is 2.68. The molecule has 0 aromatic carbocycles. The Labute approximate surface area is 88.3 Å². The smallest absolute Gasteiger partial charge is 0.267 e. The van der Waals surface area contributed by atoms with Crippen LogP contribution in [-0.4, -0.2) is 29.1 Å². The van der Waals surface area contributed by atoms with Gasteiger partial charge in [-0.25, -0.2) is 0 Å². The average molecular weight is 209 g/mol. The van der Waals surface area contributed by atoms with Crippen molar-refractivity contribution >= 4 is 11.6 Å². The topological polar surface area (TPSA) is 88.2 Å². The molecule has 0 saturated carbocycles. The van der Waals surface area contributed by atoms with E-state index >= 15 is 0 Å². The van der Waals surface area contributed by atoms with Crippen LogP contribution in [0.15, 0.2) is 18.3 Å². The van der Waals surface area contributed by atoms with E-state index in [0.717, 1.165) is 5.69 Å². The first-order valence-electron chi connectivity index (χ1n) is 4.74. The van der Waals surface area contributed by atoms with Crippen molar-refractivity contribution in [2.45, 2.75) is 6.92 Å². The van der Waals surface area contributed by atoms with Crippen molar-refractivity contribution in [3.05, 3.63) is 24.0 Å². The Bertz CT molecular complexity index is 341. The van der Waals surface area contributed by atoms with Gasteiger partial charge in [0.15, 0.2) is 0 Å². The summed E-state index contributed by atoms with van der Waals surface area (Å²) in [7, 11) is 0. The molecule has 1 atom stereocenters. The zero-order valence-corrected chi connectivity index (χ0v) is 8.60. The number of hydrogen-bond donors (Lipinski definition) is 3. The lowest BCUT2D eigenvalue weighted by Gasteiger charge is -2.10. The van der Waals surface area contributed by atoms with Crippen molar-refractivity contribution in [2.75, 3.05) is 18.5 Å². The number of aromatic nitrogens is 1. The predicted molar refractivity (Wildman–Crippen MR) is 57.5 cm³/mol. The van der Waals surface area contributed by atoms with Crippen LogP contribution in [0.25, 0.3) is 0 Å². The van der Waals surface area contributed by atoms with Crippen LogP contribution in [0.2, 0.25) is 0 Å². The van der Waals surface area contributed by atoms with Gasteiger partial charge in [-0.05, 0) is 18.1 Å². The molecule has 0 radical (unpaired) electrons. The molecule has 1 aromatic rings. The standard InChI is InChI=1S/C10H15N3O2/c1-7(6-14)5-13-8-2-3-12-9(4-8)10(11)15/h2-4,7,14H,5-6H2,1H3,(H2,11,15)(H,12,13). The van der Waals surface area contributed by atoms with Crippen molar-refractivity contribution in [3.63, 3.8) is 0 Å². The van der Waals surface area contributed by atoms with E-state index in [9.17, 15) is 4.79 Å². The fourth-order valence-electron chi connectivity index (χ4n) is 1.03. The number of anilines is 1. The molecule has 1 heterocycles. The Kier molecular flexibility index (Phi) is 4.05. The molecule has 15 heavy (non-hydrogen) atoms. The average Bonchev–Trinajstić information content (AvgIpc) is 2.26. The molecule has 0 aliphatic rings. The van der Waals surface area contributed by atoms with Crippen LogP contribution in [-0.2, 0) is 0 Å². The number of pyridine rings is 1. The molecule has 0 spiro atoms. The summed E-state index contributed by atoms with van der Waals surface area (Å²) in [6, 6.07) is 3.34. The summed E-state index contributed by atoms with van der Waals surface area (Å²) in [5, 5.41) is 11.9. The molecular formula is C10H15N3O2. The normalized spacial score (nSPS) is 12.1. The molecule has 1 amide bonds. The Hall–Kier alpha value is -1.62. The highest BCUT2D eigenvalue weighted by atomic mass is 16.3. The molecular weight excluding hydrogens is 194 g/mol. The SMILES string of the molecule is CC(CO)CNc1ccnc(C(N)=O)c1. The van der Waals surface area contributed by atoms with Gasteiger partial charge in [-0.1, -0.05) is 6.92 Å². The van der Waals surface area contributed by atoms with Crippen molar-refractivity contribution in [1.82, 2.24) is 4.98 Å². The summed E-state index contributed by atoms with van der Waals surface area (Å²) in [4.78, 5) is 14.7. The molecule has 1 unspecified atom stereocenters. The Balaban J connectivity index is 2.62. The monoisotopic (exact) mass is 209 g/mol. The van der Waals surface area contributed by atoms with Crippen LogP contribution in [0.3, 0.4) is 0 Å². The van der Waals surface area contributed by atoms with Gasteiger partial charge in [0.25, 0.3) is 5.91 Å². The lowest BCUT2D eigenvalue weighted by molar-refractivity contribution is 0.0995. The largest absolute Gasteiger partial charge is 0.396 e. The number of nitrogens with two attached hydrogens (primary N) is 1. The van der Waals surface area contributed by atoms with Crippen LogP contribution in [0.1, 0.15) is 17.4 Å². The Morgan fingerprint density at radius 2 is 2.47 bits per heavy atom. The number of rotatable bonds is 5. The summed E-state index contributed by atoms with van der Waals surface area (Å²) in [5.74, 6) is -0.385. The Morgan fingerprint density at radius 1 is 1.73 bits per heavy atom. The number of nitrogens with zero attached hydrogens (tertiary/aromatic N) is 1. The van der Waals surface area contributed by atoms with Crippen molar-refractivity contribution < 1.29 is 9.90 Å². The number of primary amides is 1. The number of aliphatic hydroxyl groups is 1. The third-order valence-corrected chi connectivity index (χ3v) is 1.98. The van der Waals surface area contributed by atoms with E-state index in [2.05, 4.69) is 10.3 Å². The van der Waals surface area contributed by atoms with Crippen molar-refractivity contribution in [3.8, 4) is 0 Å². The van der Waals surface area contributed by atoms with Gasteiger partial charge >= 0.3 is 0 Å². The second-order valence-corrected chi connectivity index (χ2v) is 3.46. The van der Waals surface area contributed by atoms with Crippen molar-refractivity contribution in [2.24, 2.45) is 11.7 Å². The minimum atomic E-state index is -0.547. The minimum Gasteiger partial charge on any atom is -0.396 e. The first kappa shape index (κ1) is 11.5. The second kappa shape index (κ2) is 5.31. The molecule has 0 saturated heterocycles. The van der Waals surface area contributed by atoms with E-state index < -0.39 is 5.91 Å². The minimum absolute atomic E-state index is 0.126. The van der Waals surface area contributed by atoms with Crippen LogP contribution in [0.5, 0.6) is 0 Å². The van der Waals surface area contributed by atoms with E-state index in [0.29, 0.717) is 6.54 Å². The highest BCUT2D eigenvalue weighted by Gasteiger charge is 2.04. The lowest BCUT2D eigenvalue weighted by Crippen LogP contribution is -2.16. The van der Waals surface area contributed by atoms with Crippen LogP contribution < -0.4 is 11.1 Å². The maximum absolute atomic E-state index is 10.8. The molecule has 5 nitrogen and oxygen atoms in total. The zero-order chi connectivity index (χ0) is 11.3. The molecule has 0 bridgehead atoms. The van der Waals surface area contributed by atoms with Gasteiger partial charge in [0.1, 0.15) is 5.69 Å². The maximum Gasteiger partial charge on any atom is 0.267 e. The highest BCUT2D eigenvalue weighted by Crippen LogP contribution is 2.08. The third-order valence-electron chi connectivity index (χ3n) is 1.98. The Morgan fingerprint density at radius 3 is 3.07 bits per heavy atom. The number of amides is 1. The van der Waals surface area contributed by atoms with Gasteiger partial charge < -0.3 is 16.2 Å². The first-order valence-corrected chi connectivity index (χ1v) is 4.74. The van der Waals surface area contributed by atoms with E-state index in [1.165, 1.54) is 6.20 Å². The molecule has 5 heteroatoms. The number of aliphatic hydroxyl groups excluding tert-OH is 1. The van der Waals surface area contributed by atoms with E-state index in [1.54, 1.807) is 12.1 Å². The van der Waals surface area contributed by atoms with Gasteiger partial charge in [0.05, 0.1) is 0 Å². The fourth-order valence-corrected chi connectivity index (χ4v) is 1.03.